The van der Waals surface area contributed by atoms with E-state index < -0.39 is 23.8 Å². The minimum absolute atomic E-state index is 0.508. The lowest BCUT2D eigenvalue weighted by Gasteiger charge is -2.06. The molecule has 0 spiro atoms. The third-order valence-corrected chi connectivity index (χ3v) is 1.25. The molecule has 0 bridgehead atoms. The third kappa shape index (κ3) is 2.61. The molecule has 1 aromatic rings. The Morgan fingerprint density at radius 1 is 1.50 bits per heavy atom. The van der Waals surface area contributed by atoms with Crippen molar-refractivity contribution in [3.63, 3.8) is 0 Å². The summed E-state index contributed by atoms with van der Waals surface area (Å²) in [6.07, 6.45) is -5.43. The fourth-order valence-corrected chi connectivity index (χ4v) is 0.731. The molecule has 1 heterocycles. The average molecular weight is 207 g/mol. The van der Waals surface area contributed by atoms with Crippen LogP contribution in [0, 0.1) is 0 Å². The summed E-state index contributed by atoms with van der Waals surface area (Å²) in [6, 6.07) is 1.23. The molecule has 0 unspecified atom stereocenters. The fourth-order valence-electron chi connectivity index (χ4n) is 0.731. The molecule has 1 N–H and O–H groups in total. The lowest BCUT2D eigenvalue weighted by molar-refractivity contribution is -0.137. The van der Waals surface area contributed by atoms with Crippen LogP contribution in [0.1, 0.15) is 5.56 Å². The van der Waals surface area contributed by atoms with Gasteiger partial charge in [-0.15, -0.1) is 0 Å². The van der Waals surface area contributed by atoms with E-state index >= 15 is 0 Å². The Bertz CT molecular complexity index is 350. The fraction of sp³-hybridized carbons (Fsp3) is 0.143. The lowest BCUT2D eigenvalue weighted by Crippen LogP contribution is -2.08. The van der Waals surface area contributed by atoms with E-state index in [1.54, 1.807) is 0 Å². The van der Waals surface area contributed by atoms with Crippen LogP contribution in [-0.4, -0.2) is 16.2 Å². The van der Waals surface area contributed by atoms with Crippen LogP contribution in [0.2, 0.25) is 0 Å². The van der Waals surface area contributed by atoms with E-state index in [1.807, 2.05) is 0 Å². The Morgan fingerprint density at radius 3 is 2.64 bits per heavy atom. The van der Waals surface area contributed by atoms with Crippen molar-refractivity contribution in [2.24, 2.45) is 0 Å². The zero-order valence-electron chi connectivity index (χ0n) is 6.58. The van der Waals surface area contributed by atoms with Gasteiger partial charge in [-0.25, -0.2) is 9.78 Å². The predicted octanol–water partition coefficient (Wildman–Crippen LogP) is 2.16. The van der Waals surface area contributed by atoms with Crippen LogP contribution < -0.4 is 4.74 Å². The molecule has 4 nitrogen and oxygen atoms in total. The summed E-state index contributed by atoms with van der Waals surface area (Å²) in [5, 5.41) is 8.12. The van der Waals surface area contributed by atoms with Crippen LogP contribution in [-0.2, 0) is 6.18 Å². The van der Waals surface area contributed by atoms with Gasteiger partial charge in [0.05, 0.1) is 5.56 Å². The number of nitrogens with zero attached hydrogens (tertiary/aromatic N) is 1. The Labute approximate surface area is 75.9 Å². The molecule has 0 saturated carbocycles. The summed E-state index contributed by atoms with van der Waals surface area (Å²) >= 11 is 0. The maximum Gasteiger partial charge on any atom is 0.512 e. The van der Waals surface area contributed by atoms with Gasteiger partial charge in [-0.2, -0.15) is 13.2 Å². The lowest BCUT2D eigenvalue weighted by atomic mass is 10.2. The van der Waals surface area contributed by atoms with Gasteiger partial charge >= 0.3 is 12.3 Å². The number of halogens is 3. The Morgan fingerprint density at radius 2 is 2.14 bits per heavy atom. The maximum absolute atomic E-state index is 12.1. The van der Waals surface area contributed by atoms with Crippen LogP contribution in [0.25, 0.3) is 0 Å². The molecule has 0 aromatic carbocycles. The molecule has 1 aromatic heterocycles. The second-order valence-corrected chi connectivity index (χ2v) is 2.25. The van der Waals surface area contributed by atoms with E-state index in [0.29, 0.717) is 12.1 Å². The van der Waals surface area contributed by atoms with E-state index in [0.717, 1.165) is 6.20 Å². The molecule has 0 radical (unpaired) electrons. The molecule has 0 amide bonds. The molecular weight excluding hydrogens is 203 g/mol. The summed E-state index contributed by atoms with van der Waals surface area (Å²) in [4.78, 5) is 13.3. The predicted molar refractivity (Wildman–Crippen MR) is 37.9 cm³/mol. The molecule has 14 heavy (non-hydrogen) atoms. The molecule has 0 aliphatic heterocycles. The molecule has 0 aliphatic carbocycles. The first-order valence-electron chi connectivity index (χ1n) is 3.33. The van der Waals surface area contributed by atoms with Gasteiger partial charge in [0.25, 0.3) is 0 Å². The number of carboxylic acid groups (broad SMARTS) is 1. The van der Waals surface area contributed by atoms with Gasteiger partial charge in [-0.05, 0) is 6.07 Å². The molecule has 7 heteroatoms. The second kappa shape index (κ2) is 3.52. The van der Waals surface area contributed by atoms with Gasteiger partial charge in [-0.3, -0.25) is 0 Å². The van der Waals surface area contributed by atoms with Crippen LogP contribution in [0.4, 0.5) is 18.0 Å². The number of ether oxygens (including phenoxy) is 1. The van der Waals surface area contributed by atoms with Gasteiger partial charge in [0, 0.05) is 12.3 Å². The van der Waals surface area contributed by atoms with Crippen molar-refractivity contribution in [2.75, 3.05) is 0 Å². The maximum atomic E-state index is 12.1. The van der Waals surface area contributed by atoms with Gasteiger partial charge < -0.3 is 9.84 Å². The number of aromatic nitrogens is 1. The van der Waals surface area contributed by atoms with Crippen LogP contribution in [0.5, 0.6) is 5.88 Å². The first-order valence-corrected chi connectivity index (χ1v) is 3.33. The molecule has 0 saturated heterocycles. The quantitative estimate of drug-likeness (QED) is 0.716. The van der Waals surface area contributed by atoms with Crippen molar-refractivity contribution in [1.82, 2.24) is 4.98 Å². The van der Waals surface area contributed by atoms with Gasteiger partial charge in [0.1, 0.15) is 0 Å². The minimum Gasteiger partial charge on any atom is -0.449 e. The normalized spacial score (nSPS) is 11.1. The number of hydrogen-bond acceptors (Lipinski definition) is 3. The Hall–Kier alpha value is -1.79. The third-order valence-electron chi connectivity index (χ3n) is 1.25. The molecule has 0 fully saturated rings. The van der Waals surface area contributed by atoms with E-state index in [4.69, 9.17) is 5.11 Å². The first kappa shape index (κ1) is 10.3. The van der Waals surface area contributed by atoms with E-state index in [2.05, 4.69) is 9.72 Å². The number of hydrogen-bond donors (Lipinski definition) is 1. The van der Waals surface area contributed by atoms with Crippen LogP contribution >= 0.6 is 0 Å². The number of pyridine rings is 1. The van der Waals surface area contributed by atoms with Gasteiger partial charge in [0.2, 0.25) is 5.88 Å². The molecule has 0 atom stereocenters. The van der Waals surface area contributed by atoms with Crippen molar-refractivity contribution >= 4 is 6.16 Å². The molecular formula is C7H4F3NO3. The molecule has 1 rings (SSSR count). The summed E-state index contributed by atoms with van der Waals surface area (Å²) in [5.41, 5.74) is -1.01. The average Bonchev–Trinajstić information content (AvgIpc) is 2.01. The van der Waals surface area contributed by atoms with Crippen molar-refractivity contribution in [3.8, 4) is 5.88 Å². The zero-order chi connectivity index (χ0) is 10.8. The zero-order valence-corrected chi connectivity index (χ0v) is 6.58. The van der Waals surface area contributed by atoms with Crippen molar-refractivity contribution in [1.29, 1.82) is 0 Å². The van der Waals surface area contributed by atoms with E-state index in [9.17, 15) is 18.0 Å². The highest BCUT2D eigenvalue weighted by atomic mass is 19.4. The van der Waals surface area contributed by atoms with Crippen LogP contribution in [0.3, 0.4) is 0 Å². The van der Waals surface area contributed by atoms with Crippen molar-refractivity contribution in [2.45, 2.75) is 6.18 Å². The Kier molecular flexibility index (Phi) is 2.59. The summed E-state index contributed by atoms with van der Waals surface area (Å²) in [6.45, 7) is 0. The van der Waals surface area contributed by atoms with Gasteiger partial charge in [0.15, 0.2) is 0 Å². The number of carbonyl (C=O) groups is 1. The smallest absolute Gasteiger partial charge is 0.449 e. The SMILES string of the molecule is O=C(O)Oc1cc(C(F)(F)F)ccn1. The first-order chi connectivity index (χ1) is 6.39. The number of rotatable bonds is 1. The Balaban J connectivity index is 2.95. The van der Waals surface area contributed by atoms with Crippen LogP contribution in [0.15, 0.2) is 18.3 Å². The highest BCUT2D eigenvalue weighted by Gasteiger charge is 2.31. The van der Waals surface area contributed by atoms with Crippen molar-refractivity contribution < 1.29 is 27.8 Å². The monoisotopic (exact) mass is 207 g/mol. The van der Waals surface area contributed by atoms with Gasteiger partial charge in [-0.1, -0.05) is 0 Å². The molecule has 76 valence electrons. The topological polar surface area (TPSA) is 59.4 Å². The second-order valence-electron chi connectivity index (χ2n) is 2.25. The highest BCUT2D eigenvalue weighted by Crippen LogP contribution is 2.30. The number of alkyl halides is 3. The standard InChI is InChI=1S/C7H4F3NO3/c8-7(9,10)4-1-2-11-5(3-4)14-6(12)13/h1-3H,(H,12,13). The van der Waals surface area contributed by atoms with Crippen molar-refractivity contribution in [3.05, 3.63) is 23.9 Å². The largest absolute Gasteiger partial charge is 0.512 e. The highest BCUT2D eigenvalue weighted by molar-refractivity contribution is 5.60. The summed E-state index contributed by atoms with van der Waals surface area (Å²) in [5.74, 6) is -0.604. The van der Waals surface area contributed by atoms with E-state index in [1.165, 1.54) is 0 Å². The summed E-state index contributed by atoms with van der Waals surface area (Å²) < 4.78 is 40.2. The summed E-state index contributed by atoms with van der Waals surface area (Å²) in [7, 11) is 0. The van der Waals surface area contributed by atoms with E-state index in [-0.39, 0.29) is 0 Å². The molecule has 0 aliphatic rings. The minimum atomic E-state index is -4.54.